The van der Waals surface area contributed by atoms with Gasteiger partial charge < -0.3 is 14.9 Å². The van der Waals surface area contributed by atoms with E-state index < -0.39 is 0 Å². The molecule has 0 bridgehead atoms. The van der Waals surface area contributed by atoms with E-state index in [1.54, 1.807) is 21.9 Å². The summed E-state index contributed by atoms with van der Waals surface area (Å²) in [6.07, 6.45) is 0.778. The van der Waals surface area contributed by atoms with Crippen molar-refractivity contribution in [3.8, 4) is 5.75 Å². The van der Waals surface area contributed by atoms with Crippen LogP contribution in [-0.2, 0) is 11.2 Å². The Morgan fingerprint density at radius 3 is 2.68 bits per heavy atom. The molecule has 1 atom stereocenters. The zero-order valence-electron chi connectivity index (χ0n) is 15.5. The quantitative estimate of drug-likeness (QED) is 0.800. The maximum Gasteiger partial charge on any atom is 0.254 e. The molecule has 146 valence electrons. The molecular formula is C21H21ClN2O4. The summed E-state index contributed by atoms with van der Waals surface area (Å²) < 4.78 is 0. The van der Waals surface area contributed by atoms with Crippen molar-refractivity contribution in [3.05, 3.63) is 64.2 Å². The van der Waals surface area contributed by atoms with Gasteiger partial charge in [0, 0.05) is 36.3 Å². The predicted octanol–water partition coefficient (Wildman–Crippen LogP) is 2.77. The lowest BCUT2D eigenvalue weighted by molar-refractivity contribution is -0.134. The van der Waals surface area contributed by atoms with Crippen molar-refractivity contribution in [2.45, 2.75) is 19.4 Å². The second-order valence-electron chi connectivity index (χ2n) is 6.89. The molecule has 2 aromatic carbocycles. The number of aromatic hydroxyl groups is 1. The van der Waals surface area contributed by atoms with Crippen LogP contribution in [0.1, 0.15) is 33.2 Å². The van der Waals surface area contributed by atoms with Crippen LogP contribution in [0.4, 0.5) is 0 Å². The summed E-state index contributed by atoms with van der Waals surface area (Å²) in [5.74, 6) is -0.386. The highest BCUT2D eigenvalue weighted by Gasteiger charge is 2.30. The summed E-state index contributed by atoms with van der Waals surface area (Å²) >= 11 is 5.98. The fraction of sp³-hybridized carbons (Fsp3) is 0.286. The van der Waals surface area contributed by atoms with Gasteiger partial charge in [0.25, 0.3) is 5.91 Å². The first kappa shape index (κ1) is 19.9. The molecule has 0 aromatic heterocycles. The van der Waals surface area contributed by atoms with Crippen molar-refractivity contribution in [1.82, 2.24) is 9.80 Å². The van der Waals surface area contributed by atoms with Crippen LogP contribution >= 0.6 is 11.6 Å². The normalized spacial score (nSPS) is 16.7. The minimum absolute atomic E-state index is 0.00487. The fourth-order valence-corrected chi connectivity index (χ4v) is 3.61. The molecule has 1 heterocycles. The van der Waals surface area contributed by atoms with E-state index >= 15 is 0 Å². The van der Waals surface area contributed by atoms with Crippen molar-refractivity contribution in [2.75, 3.05) is 19.6 Å². The number of phenols is 1. The van der Waals surface area contributed by atoms with E-state index in [1.807, 2.05) is 19.1 Å². The minimum atomic E-state index is -0.225. The highest BCUT2D eigenvalue weighted by atomic mass is 35.5. The van der Waals surface area contributed by atoms with Gasteiger partial charge in [0.2, 0.25) is 5.91 Å². The molecular weight excluding hydrogens is 380 g/mol. The molecule has 1 N–H and O–H groups in total. The summed E-state index contributed by atoms with van der Waals surface area (Å²) in [6.45, 7) is 3.15. The molecule has 0 aliphatic carbocycles. The van der Waals surface area contributed by atoms with Crippen LogP contribution in [0.5, 0.6) is 5.75 Å². The Kier molecular flexibility index (Phi) is 5.99. The highest BCUT2D eigenvalue weighted by molar-refractivity contribution is 6.30. The van der Waals surface area contributed by atoms with Crippen molar-refractivity contribution in [3.63, 3.8) is 0 Å². The summed E-state index contributed by atoms with van der Waals surface area (Å²) in [7, 11) is 0. The first-order chi connectivity index (χ1) is 13.4. The first-order valence-corrected chi connectivity index (χ1v) is 9.38. The average molecular weight is 401 g/mol. The van der Waals surface area contributed by atoms with Gasteiger partial charge >= 0.3 is 0 Å². The van der Waals surface area contributed by atoms with E-state index in [0.29, 0.717) is 36.5 Å². The van der Waals surface area contributed by atoms with Gasteiger partial charge in [0.05, 0.1) is 12.0 Å². The van der Waals surface area contributed by atoms with E-state index in [9.17, 15) is 19.5 Å². The molecule has 1 aliphatic heterocycles. The Bertz CT molecular complexity index is 915. The van der Waals surface area contributed by atoms with Crippen molar-refractivity contribution in [2.24, 2.45) is 0 Å². The predicted molar refractivity (Wildman–Crippen MR) is 106 cm³/mol. The van der Waals surface area contributed by atoms with E-state index in [1.165, 1.54) is 18.2 Å². The number of halogens is 1. The Morgan fingerprint density at radius 2 is 2.00 bits per heavy atom. The van der Waals surface area contributed by atoms with Crippen LogP contribution in [-0.4, -0.2) is 58.7 Å². The Hall–Kier alpha value is -2.86. The molecule has 0 spiro atoms. The van der Waals surface area contributed by atoms with Crippen molar-refractivity contribution >= 4 is 29.7 Å². The van der Waals surface area contributed by atoms with Gasteiger partial charge in [0.1, 0.15) is 5.75 Å². The second-order valence-corrected chi connectivity index (χ2v) is 7.32. The Balaban J connectivity index is 1.65. The second kappa shape index (κ2) is 8.44. The highest BCUT2D eigenvalue weighted by Crippen LogP contribution is 2.20. The molecule has 2 amide bonds. The molecule has 2 aromatic rings. The number of hydrogen-bond donors (Lipinski definition) is 1. The number of nitrogens with zero attached hydrogens (tertiary/aromatic N) is 2. The zero-order valence-corrected chi connectivity index (χ0v) is 16.2. The number of rotatable bonds is 4. The van der Waals surface area contributed by atoms with Crippen LogP contribution in [0.3, 0.4) is 0 Å². The lowest BCUT2D eigenvalue weighted by Gasteiger charge is -2.40. The minimum Gasteiger partial charge on any atom is -0.507 e. The Labute approximate surface area is 168 Å². The van der Waals surface area contributed by atoms with Gasteiger partial charge in [-0.3, -0.25) is 14.4 Å². The third-order valence-corrected chi connectivity index (χ3v) is 5.12. The van der Waals surface area contributed by atoms with Crippen molar-refractivity contribution in [1.29, 1.82) is 0 Å². The maximum absolute atomic E-state index is 12.7. The van der Waals surface area contributed by atoms with Gasteiger partial charge in [-0.25, -0.2) is 0 Å². The number of piperazine rings is 1. The number of benzene rings is 2. The summed E-state index contributed by atoms with van der Waals surface area (Å²) in [6, 6.07) is 11.3. The summed E-state index contributed by atoms with van der Waals surface area (Å²) in [5.41, 5.74) is 1.27. The van der Waals surface area contributed by atoms with E-state index in [-0.39, 0.29) is 35.6 Å². The molecule has 0 radical (unpaired) electrons. The van der Waals surface area contributed by atoms with Crippen LogP contribution in [0.25, 0.3) is 0 Å². The molecule has 3 rings (SSSR count). The molecule has 6 nitrogen and oxygen atoms in total. The summed E-state index contributed by atoms with van der Waals surface area (Å²) in [4.78, 5) is 39.8. The van der Waals surface area contributed by atoms with Gasteiger partial charge in [-0.1, -0.05) is 23.7 Å². The smallest absolute Gasteiger partial charge is 0.254 e. The molecule has 1 unspecified atom stereocenters. The first-order valence-electron chi connectivity index (χ1n) is 9.00. The molecule has 28 heavy (non-hydrogen) atoms. The van der Waals surface area contributed by atoms with E-state index in [0.717, 1.165) is 5.56 Å². The average Bonchev–Trinajstić information content (AvgIpc) is 2.67. The number of phenolic OH excluding ortho intramolecular Hbond substituents is 1. The number of carbonyl (C=O) groups is 3. The number of amides is 2. The lowest BCUT2D eigenvalue weighted by Crippen LogP contribution is -2.55. The van der Waals surface area contributed by atoms with Crippen LogP contribution in [0.2, 0.25) is 5.02 Å². The Morgan fingerprint density at radius 1 is 1.21 bits per heavy atom. The van der Waals surface area contributed by atoms with Gasteiger partial charge in [0.15, 0.2) is 6.29 Å². The topological polar surface area (TPSA) is 77.9 Å². The van der Waals surface area contributed by atoms with Gasteiger partial charge in [-0.15, -0.1) is 0 Å². The number of aldehydes is 1. The van der Waals surface area contributed by atoms with E-state index in [4.69, 9.17) is 11.6 Å². The molecule has 1 saturated heterocycles. The maximum atomic E-state index is 12.7. The SMILES string of the molecule is CC1CN(C(=O)c2ccc(O)c(C=O)c2)CCN1C(=O)Cc1cccc(Cl)c1. The molecule has 1 aliphatic rings. The molecule has 1 fully saturated rings. The molecule has 0 saturated carbocycles. The van der Waals surface area contributed by atoms with E-state index in [2.05, 4.69) is 0 Å². The van der Waals surface area contributed by atoms with Crippen LogP contribution < -0.4 is 0 Å². The largest absolute Gasteiger partial charge is 0.507 e. The zero-order chi connectivity index (χ0) is 20.3. The van der Waals surface area contributed by atoms with Gasteiger partial charge in [-0.2, -0.15) is 0 Å². The van der Waals surface area contributed by atoms with Gasteiger partial charge in [-0.05, 0) is 42.8 Å². The standard InChI is InChI=1S/C21H21ClN2O4/c1-14-12-23(21(28)16-5-6-19(26)17(11-16)13-25)7-8-24(14)20(27)10-15-3-2-4-18(22)9-15/h2-6,9,11,13-14,26H,7-8,10,12H2,1H3. The lowest BCUT2D eigenvalue weighted by atomic mass is 10.1. The fourth-order valence-electron chi connectivity index (χ4n) is 3.40. The number of hydrogen-bond acceptors (Lipinski definition) is 4. The number of carbonyl (C=O) groups excluding carboxylic acids is 3. The van der Waals surface area contributed by atoms with Crippen LogP contribution in [0, 0.1) is 0 Å². The van der Waals surface area contributed by atoms with Crippen molar-refractivity contribution < 1.29 is 19.5 Å². The summed E-state index contributed by atoms with van der Waals surface area (Å²) in [5, 5.41) is 10.2. The third-order valence-electron chi connectivity index (χ3n) is 4.88. The monoisotopic (exact) mass is 400 g/mol. The molecule has 7 heteroatoms. The van der Waals surface area contributed by atoms with Crippen LogP contribution in [0.15, 0.2) is 42.5 Å². The third kappa shape index (κ3) is 4.34.